The summed E-state index contributed by atoms with van der Waals surface area (Å²) in [5.41, 5.74) is 4.05. The number of aryl methyl sites for hydroxylation is 2. The van der Waals surface area contributed by atoms with Gasteiger partial charge < -0.3 is 10.6 Å². The Kier molecular flexibility index (Phi) is 6.00. The minimum atomic E-state index is -3.11. The molecule has 5 nitrogen and oxygen atoms in total. The molecule has 2 aliphatic heterocycles. The summed E-state index contributed by atoms with van der Waals surface area (Å²) in [6.45, 7) is 6.37. The Morgan fingerprint density at radius 3 is 2.39 bits per heavy atom. The Morgan fingerprint density at radius 2 is 1.89 bits per heavy atom. The highest BCUT2D eigenvalue weighted by atomic mass is 32.2. The van der Waals surface area contributed by atoms with E-state index in [0.29, 0.717) is 25.9 Å². The van der Waals surface area contributed by atoms with E-state index in [1.165, 1.54) is 16.7 Å². The second-order valence-corrected chi connectivity index (χ2v) is 8.87. The van der Waals surface area contributed by atoms with Crippen LogP contribution in [0.25, 0.3) is 0 Å². The van der Waals surface area contributed by atoms with Gasteiger partial charge in [-0.25, -0.2) is 4.99 Å². The molecular formula is C20H28F2N4OS. The number of rotatable bonds is 6. The van der Waals surface area contributed by atoms with Crippen molar-refractivity contribution in [2.45, 2.75) is 51.5 Å². The maximum atomic E-state index is 13.5. The molecule has 0 aromatic heterocycles. The van der Waals surface area contributed by atoms with Crippen LogP contribution in [0, 0.1) is 13.8 Å². The van der Waals surface area contributed by atoms with Crippen molar-refractivity contribution in [2.24, 2.45) is 4.99 Å². The minimum absolute atomic E-state index is 0.385. The predicted molar refractivity (Wildman–Crippen MR) is 111 cm³/mol. The maximum absolute atomic E-state index is 13.5. The third kappa shape index (κ3) is 4.33. The Bertz CT molecular complexity index is 760. The molecule has 0 aliphatic carbocycles. The van der Waals surface area contributed by atoms with Crippen LogP contribution in [0.4, 0.5) is 14.5 Å². The average Bonchev–Trinajstić information content (AvgIpc) is 2.95. The van der Waals surface area contributed by atoms with Gasteiger partial charge in [0.15, 0.2) is 5.84 Å². The van der Waals surface area contributed by atoms with Crippen LogP contribution in [0.3, 0.4) is 0 Å². The number of alkyl halides is 2. The van der Waals surface area contributed by atoms with Gasteiger partial charge >= 0.3 is 5.92 Å². The molecule has 0 unspecified atom stereocenters. The Labute approximate surface area is 169 Å². The average molecular weight is 411 g/mol. The molecule has 2 heterocycles. The van der Waals surface area contributed by atoms with Gasteiger partial charge in [0.05, 0.1) is 0 Å². The number of halogens is 2. The molecule has 154 valence electrons. The smallest absolute Gasteiger partial charge is 0.301 e. The molecule has 8 heteroatoms. The first kappa shape index (κ1) is 21.0. The van der Waals surface area contributed by atoms with E-state index in [4.69, 9.17) is 0 Å². The molecule has 2 aliphatic rings. The van der Waals surface area contributed by atoms with Crippen molar-refractivity contribution in [1.29, 1.82) is 0 Å². The molecule has 1 spiro atoms. The number of piperidine rings is 1. The number of nitrogens with one attached hydrogen (secondary N) is 2. The summed E-state index contributed by atoms with van der Waals surface area (Å²) in [6, 6.07) is 4.32. The number of aliphatic imine (C=N–C) groups is 1. The highest BCUT2D eigenvalue weighted by Crippen LogP contribution is 2.34. The van der Waals surface area contributed by atoms with Crippen LogP contribution in [0.5, 0.6) is 0 Å². The fourth-order valence-corrected chi connectivity index (χ4v) is 4.85. The van der Waals surface area contributed by atoms with Crippen molar-refractivity contribution in [3.05, 3.63) is 28.8 Å². The van der Waals surface area contributed by atoms with Crippen molar-refractivity contribution in [3.63, 3.8) is 0 Å². The third-order valence-corrected chi connectivity index (χ3v) is 6.67. The van der Waals surface area contributed by atoms with Gasteiger partial charge in [-0.2, -0.15) is 8.78 Å². The molecule has 3 rings (SSSR count). The summed E-state index contributed by atoms with van der Waals surface area (Å²) >= 11 is 1.76. The predicted octanol–water partition coefficient (Wildman–Crippen LogP) is 3.55. The lowest BCUT2D eigenvalue weighted by atomic mass is 9.89. The third-order valence-electron chi connectivity index (χ3n) is 5.56. The fraction of sp³-hybridized carbons (Fsp3) is 0.600. The summed E-state index contributed by atoms with van der Waals surface area (Å²) in [5, 5.41) is 5.47. The lowest BCUT2D eigenvalue weighted by molar-refractivity contribution is -0.125. The first-order valence-electron chi connectivity index (χ1n) is 9.60. The number of hydrogen-bond acceptors (Lipinski definition) is 5. The van der Waals surface area contributed by atoms with Crippen molar-refractivity contribution < 1.29 is 13.6 Å². The summed E-state index contributed by atoms with van der Waals surface area (Å²) in [7, 11) is 1.92. The van der Waals surface area contributed by atoms with Crippen LogP contribution < -0.4 is 10.6 Å². The van der Waals surface area contributed by atoms with E-state index < -0.39 is 17.3 Å². The van der Waals surface area contributed by atoms with Gasteiger partial charge in [-0.3, -0.25) is 9.10 Å². The first-order valence-corrected chi connectivity index (χ1v) is 10.5. The summed E-state index contributed by atoms with van der Waals surface area (Å²) in [4.78, 5) is 16.3. The molecule has 0 radical (unpaired) electrons. The Morgan fingerprint density at radius 1 is 1.29 bits per heavy atom. The van der Waals surface area contributed by atoms with Gasteiger partial charge in [-0.1, -0.05) is 11.9 Å². The molecule has 1 aromatic rings. The lowest BCUT2D eigenvalue weighted by Gasteiger charge is -2.34. The standard InChI is InChI=1S/C20H28F2N4OS/c1-13-11-15(23-4)12-14(2)16(13)5-10-28-26-8-6-20(7-9-26)18(27)24-17(25-20)19(3,21)22/h11-12,23H,5-10H2,1-4H3,(H,24,25,27). The number of benzene rings is 1. The quantitative estimate of drug-likeness (QED) is 0.704. The van der Waals surface area contributed by atoms with E-state index in [9.17, 15) is 13.6 Å². The molecule has 0 bridgehead atoms. The van der Waals surface area contributed by atoms with Crippen LogP contribution in [-0.2, 0) is 11.2 Å². The number of carbonyl (C=O) groups is 1. The highest BCUT2D eigenvalue weighted by molar-refractivity contribution is 7.97. The Hall–Kier alpha value is -1.67. The zero-order valence-electron chi connectivity index (χ0n) is 16.9. The second kappa shape index (κ2) is 7.99. The second-order valence-electron chi connectivity index (χ2n) is 7.69. The van der Waals surface area contributed by atoms with E-state index in [1.807, 2.05) is 7.05 Å². The molecule has 0 atom stereocenters. The minimum Gasteiger partial charge on any atom is -0.388 e. The van der Waals surface area contributed by atoms with Crippen molar-refractivity contribution in [2.75, 3.05) is 31.2 Å². The lowest BCUT2D eigenvalue weighted by Crippen LogP contribution is -2.48. The van der Waals surface area contributed by atoms with Gasteiger partial charge in [0.2, 0.25) is 0 Å². The largest absolute Gasteiger partial charge is 0.388 e. The topological polar surface area (TPSA) is 56.7 Å². The van der Waals surface area contributed by atoms with Crippen LogP contribution in [-0.4, -0.2) is 53.4 Å². The van der Waals surface area contributed by atoms with Crippen LogP contribution in [0.2, 0.25) is 0 Å². The summed E-state index contributed by atoms with van der Waals surface area (Å²) in [5.74, 6) is -3.04. The van der Waals surface area contributed by atoms with Gasteiger partial charge in [-0.15, -0.1) is 0 Å². The fourth-order valence-electron chi connectivity index (χ4n) is 3.86. The molecular weight excluding hydrogens is 382 g/mol. The van der Waals surface area contributed by atoms with Crippen LogP contribution in [0.15, 0.2) is 17.1 Å². The molecule has 1 fully saturated rings. The van der Waals surface area contributed by atoms with E-state index in [-0.39, 0.29) is 5.91 Å². The van der Waals surface area contributed by atoms with E-state index in [2.05, 4.69) is 45.9 Å². The maximum Gasteiger partial charge on any atom is 0.301 e. The number of anilines is 1. The Balaban J connectivity index is 1.53. The first-order chi connectivity index (χ1) is 13.1. The zero-order valence-corrected chi connectivity index (χ0v) is 17.7. The molecule has 2 N–H and O–H groups in total. The molecule has 1 aromatic carbocycles. The monoisotopic (exact) mass is 410 g/mol. The molecule has 0 saturated carbocycles. The van der Waals surface area contributed by atoms with E-state index in [0.717, 1.165) is 24.8 Å². The van der Waals surface area contributed by atoms with Gasteiger partial charge in [0.25, 0.3) is 5.91 Å². The normalized spacial score (nSPS) is 19.6. The molecule has 28 heavy (non-hydrogen) atoms. The molecule has 1 amide bonds. The van der Waals surface area contributed by atoms with E-state index in [1.54, 1.807) is 11.9 Å². The van der Waals surface area contributed by atoms with Crippen molar-refractivity contribution in [3.8, 4) is 0 Å². The number of hydrogen-bond donors (Lipinski definition) is 2. The van der Waals surface area contributed by atoms with E-state index >= 15 is 0 Å². The number of amidine groups is 1. The summed E-state index contributed by atoms with van der Waals surface area (Å²) < 4.78 is 29.2. The summed E-state index contributed by atoms with van der Waals surface area (Å²) in [6.07, 6.45) is 1.92. The number of nitrogens with zero attached hydrogens (tertiary/aromatic N) is 2. The highest BCUT2D eigenvalue weighted by Gasteiger charge is 2.49. The molecule has 1 saturated heterocycles. The van der Waals surface area contributed by atoms with Gasteiger partial charge in [-0.05, 0) is 61.9 Å². The SMILES string of the molecule is CNc1cc(C)c(CCSN2CCC3(CC2)N=C(C(C)(F)F)NC3=O)c(C)c1. The van der Waals surface area contributed by atoms with Crippen molar-refractivity contribution in [1.82, 2.24) is 9.62 Å². The van der Waals surface area contributed by atoms with Crippen LogP contribution >= 0.6 is 11.9 Å². The van der Waals surface area contributed by atoms with Crippen molar-refractivity contribution >= 4 is 29.4 Å². The van der Waals surface area contributed by atoms with Gasteiger partial charge in [0, 0.05) is 38.5 Å². The zero-order chi connectivity index (χ0) is 20.5. The van der Waals surface area contributed by atoms with Gasteiger partial charge in [0.1, 0.15) is 5.54 Å². The number of amides is 1. The van der Waals surface area contributed by atoms with Crippen LogP contribution in [0.1, 0.15) is 36.5 Å². The number of carbonyl (C=O) groups excluding carboxylic acids is 1.